The van der Waals surface area contributed by atoms with Gasteiger partial charge in [0, 0.05) is 16.6 Å². The molecule has 0 heterocycles. The molecule has 0 aliphatic heterocycles. The molecule has 0 saturated carbocycles. The molecule has 3 nitrogen and oxygen atoms in total. The topological polar surface area (TPSA) is 55.1 Å². The zero-order valence-corrected chi connectivity index (χ0v) is 13.1. The van der Waals surface area contributed by atoms with E-state index in [-0.39, 0.29) is 5.91 Å². The van der Waals surface area contributed by atoms with Crippen LogP contribution in [0.25, 0.3) is 0 Å². The lowest BCUT2D eigenvalue weighted by atomic mass is 10.1. The summed E-state index contributed by atoms with van der Waals surface area (Å²) in [6, 6.07) is 4.92. The SMILES string of the molecule is CSCC[C@H](N)C(=O)NCCc1c(Cl)cccc1Cl. The summed E-state index contributed by atoms with van der Waals surface area (Å²) < 4.78 is 0. The maximum atomic E-state index is 11.7. The Labute approximate surface area is 128 Å². The predicted molar refractivity (Wildman–Crippen MR) is 84.2 cm³/mol. The summed E-state index contributed by atoms with van der Waals surface area (Å²) in [4.78, 5) is 11.7. The fourth-order valence-electron chi connectivity index (χ4n) is 1.59. The second-order valence-corrected chi connectivity index (χ2v) is 5.93. The molecule has 19 heavy (non-hydrogen) atoms. The van der Waals surface area contributed by atoms with Crippen LogP contribution in [0.1, 0.15) is 12.0 Å². The monoisotopic (exact) mass is 320 g/mol. The van der Waals surface area contributed by atoms with Gasteiger partial charge in [-0.2, -0.15) is 11.8 Å². The number of hydrogen-bond donors (Lipinski definition) is 2. The summed E-state index contributed by atoms with van der Waals surface area (Å²) in [5.41, 5.74) is 6.62. The van der Waals surface area contributed by atoms with Gasteiger partial charge in [0.25, 0.3) is 0 Å². The van der Waals surface area contributed by atoms with E-state index in [9.17, 15) is 4.79 Å². The highest BCUT2D eigenvalue weighted by atomic mass is 35.5. The number of rotatable bonds is 7. The van der Waals surface area contributed by atoms with Gasteiger partial charge < -0.3 is 11.1 Å². The number of thioether (sulfide) groups is 1. The Morgan fingerprint density at radius 1 is 1.42 bits per heavy atom. The average Bonchev–Trinajstić information content (AvgIpc) is 2.39. The van der Waals surface area contributed by atoms with E-state index in [2.05, 4.69) is 5.32 Å². The van der Waals surface area contributed by atoms with Gasteiger partial charge in [0.15, 0.2) is 0 Å². The molecule has 0 bridgehead atoms. The van der Waals surface area contributed by atoms with Crippen molar-refractivity contribution in [3.05, 3.63) is 33.8 Å². The number of hydrogen-bond acceptors (Lipinski definition) is 3. The lowest BCUT2D eigenvalue weighted by Gasteiger charge is -2.12. The van der Waals surface area contributed by atoms with Crippen LogP contribution in [0.4, 0.5) is 0 Å². The minimum atomic E-state index is -0.450. The molecule has 1 amide bonds. The molecule has 0 aliphatic rings. The molecule has 1 aromatic carbocycles. The number of nitrogens with two attached hydrogens (primary N) is 1. The summed E-state index contributed by atoms with van der Waals surface area (Å²) in [5, 5.41) is 4.04. The van der Waals surface area contributed by atoms with Gasteiger partial charge in [-0.05, 0) is 42.5 Å². The molecule has 0 aromatic heterocycles. The summed E-state index contributed by atoms with van der Waals surface area (Å²) in [5.74, 6) is 0.752. The standard InChI is InChI=1S/C13H18Cl2N2OS/c1-19-8-6-12(16)13(18)17-7-5-9-10(14)3-2-4-11(9)15/h2-4,12H,5-8,16H2,1H3,(H,17,18)/t12-/m0/s1. The van der Waals surface area contributed by atoms with E-state index >= 15 is 0 Å². The van der Waals surface area contributed by atoms with Gasteiger partial charge in [0.05, 0.1) is 6.04 Å². The first-order chi connectivity index (χ1) is 9.06. The van der Waals surface area contributed by atoms with Gasteiger partial charge in [-0.1, -0.05) is 29.3 Å². The molecule has 106 valence electrons. The summed E-state index contributed by atoms with van der Waals surface area (Å²) in [6.45, 7) is 0.481. The van der Waals surface area contributed by atoms with Crippen LogP contribution in [-0.4, -0.2) is 30.5 Å². The second-order valence-electron chi connectivity index (χ2n) is 4.13. The maximum absolute atomic E-state index is 11.7. The second kappa shape index (κ2) is 8.69. The Balaban J connectivity index is 2.40. The fourth-order valence-corrected chi connectivity index (χ4v) is 2.66. The normalized spacial score (nSPS) is 12.2. The molecule has 0 spiro atoms. The van der Waals surface area contributed by atoms with E-state index in [1.807, 2.05) is 6.26 Å². The minimum Gasteiger partial charge on any atom is -0.354 e. The van der Waals surface area contributed by atoms with Gasteiger partial charge in [0.1, 0.15) is 0 Å². The third kappa shape index (κ3) is 5.61. The number of halogens is 2. The third-order valence-corrected chi connectivity index (χ3v) is 4.06. The smallest absolute Gasteiger partial charge is 0.236 e. The lowest BCUT2D eigenvalue weighted by Crippen LogP contribution is -2.41. The van der Waals surface area contributed by atoms with Crippen molar-refractivity contribution in [2.24, 2.45) is 5.73 Å². The molecule has 1 aromatic rings. The molecule has 0 radical (unpaired) electrons. The lowest BCUT2D eigenvalue weighted by molar-refractivity contribution is -0.122. The third-order valence-electron chi connectivity index (χ3n) is 2.71. The Bertz CT molecular complexity index is 409. The first kappa shape index (κ1) is 16.6. The number of nitrogens with one attached hydrogen (secondary N) is 1. The van der Waals surface area contributed by atoms with Crippen molar-refractivity contribution in [3.8, 4) is 0 Å². The molecule has 6 heteroatoms. The van der Waals surface area contributed by atoms with Gasteiger partial charge in [0.2, 0.25) is 5.91 Å². The highest BCUT2D eigenvalue weighted by molar-refractivity contribution is 7.98. The number of carbonyl (C=O) groups is 1. The maximum Gasteiger partial charge on any atom is 0.236 e. The molecule has 3 N–H and O–H groups in total. The van der Waals surface area contributed by atoms with E-state index in [4.69, 9.17) is 28.9 Å². The summed E-state index contributed by atoms with van der Waals surface area (Å²) >= 11 is 13.8. The Morgan fingerprint density at radius 3 is 2.63 bits per heavy atom. The van der Waals surface area contributed by atoms with Gasteiger partial charge in [-0.25, -0.2) is 0 Å². The van der Waals surface area contributed by atoms with Crippen LogP contribution >= 0.6 is 35.0 Å². The minimum absolute atomic E-state index is 0.128. The van der Waals surface area contributed by atoms with Crippen LogP contribution in [0, 0.1) is 0 Å². The van der Waals surface area contributed by atoms with Crippen molar-refractivity contribution < 1.29 is 4.79 Å². The van der Waals surface area contributed by atoms with Crippen molar-refractivity contribution in [2.75, 3.05) is 18.6 Å². The molecular formula is C13H18Cl2N2OS. The molecular weight excluding hydrogens is 303 g/mol. The zero-order chi connectivity index (χ0) is 14.3. The first-order valence-electron chi connectivity index (χ1n) is 6.01. The molecule has 0 aliphatic carbocycles. The number of carbonyl (C=O) groups excluding carboxylic acids is 1. The summed E-state index contributed by atoms with van der Waals surface area (Å²) in [7, 11) is 0. The van der Waals surface area contributed by atoms with E-state index in [1.165, 1.54) is 0 Å². The number of benzene rings is 1. The largest absolute Gasteiger partial charge is 0.354 e. The molecule has 1 atom stereocenters. The fraction of sp³-hybridized carbons (Fsp3) is 0.462. The highest BCUT2D eigenvalue weighted by Gasteiger charge is 2.12. The number of amides is 1. The molecule has 0 saturated heterocycles. The van der Waals surface area contributed by atoms with E-state index in [0.29, 0.717) is 29.4 Å². The van der Waals surface area contributed by atoms with Crippen LogP contribution in [0.3, 0.4) is 0 Å². The van der Waals surface area contributed by atoms with Crippen molar-refractivity contribution >= 4 is 40.9 Å². The van der Waals surface area contributed by atoms with Crippen LogP contribution in [0.5, 0.6) is 0 Å². The molecule has 1 rings (SSSR count). The van der Waals surface area contributed by atoms with E-state index in [1.54, 1.807) is 30.0 Å². The van der Waals surface area contributed by atoms with E-state index < -0.39 is 6.04 Å². The van der Waals surface area contributed by atoms with Crippen LogP contribution in [0.15, 0.2) is 18.2 Å². The van der Waals surface area contributed by atoms with Gasteiger partial charge in [-0.15, -0.1) is 0 Å². The van der Waals surface area contributed by atoms with Crippen LogP contribution < -0.4 is 11.1 Å². The quantitative estimate of drug-likeness (QED) is 0.812. The Morgan fingerprint density at radius 2 is 2.05 bits per heavy atom. The van der Waals surface area contributed by atoms with Crippen molar-refractivity contribution in [1.82, 2.24) is 5.32 Å². The van der Waals surface area contributed by atoms with Crippen molar-refractivity contribution in [1.29, 1.82) is 0 Å². The average molecular weight is 321 g/mol. The summed E-state index contributed by atoms with van der Waals surface area (Å²) in [6.07, 6.45) is 3.27. The van der Waals surface area contributed by atoms with Crippen LogP contribution in [0.2, 0.25) is 10.0 Å². The zero-order valence-electron chi connectivity index (χ0n) is 10.8. The Hall–Kier alpha value is -0.420. The predicted octanol–water partition coefficient (Wildman–Crippen LogP) is 2.73. The molecule has 0 fully saturated rings. The highest BCUT2D eigenvalue weighted by Crippen LogP contribution is 2.24. The van der Waals surface area contributed by atoms with Crippen molar-refractivity contribution in [2.45, 2.75) is 18.9 Å². The Kier molecular flexibility index (Phi) is 7.61. The molecule has 0 unspecified atom stereocenters. The first-order valence-corrected chi connectivity index (χ1v) is 8.16. The van der Waals surface area contributed by atoms with E-state index in [0.717, 1.165) is 11.3 Å². The van der Waals surface area contributed by atoms with Gasteiger partial charge in [-0.3, -0.25) is 4.79 Å². The van der Waals surface area contributed by atoms with Crippen LogP contribution in [-0.2, 0) is 11.2 Å². The van der Waals surface area contributed by atoms with Gasteiger partial charge >= 0.3 is 0 Å². The van der Waals surface area contributed by atoms with Crippen molar-refractivity contribution in [3.63, 3.8) is 0 Å².